The molecule has 0 bridgehead atoms. The molecule has 1 atom stereocenters. The summed E-state index contributed by atoms with van der Waals surface area (Å²) in [4.78, 5) is 0. The number of benzene rings is 1. The number of ether oxygens (including phenoxy) is 1. The molecule has 3 nitrogen and oxygen atoms in total. The summed E-state index contributed by atoms with van der Waals surface area (Å²) < 4.78 is 8.65. The number of hydrogen-bond donors (Lipinski definition) is 1. The fourth-order valence-electron chi connectivity index (χ4n) is 3.27. The lowest BCUT2D eigenvalue weighted by atomic mass is 9.74. The molecule has 1 aromatic heterocycles. The third-order valence-corrected chi connectivity index (χ3v) is 4.93. The molecule has 4 heteroatoms. The second-order valence-electron chi connectivity index (χ2n) is 6.56. The van der Waals surface area contributed by atoms with Gasteiger partial charge in [0.25, 0.3) is 0 Å². The van der Waals surface area contributed by atoms with E-state index in [1.807, 2.05) is 12.1 Å². The first-order valence-corrected chi connectivity index (χ1v) is 8.00. The predicted molar refractivity (Wildman–Crippen MR) is 89.1 cm³/mol. The lowest BCUT2D eigenvalue weighted by Crippen LogP contribution is -2.30. The van der Waals surface area contributed by atoms with Crippen LogP contribution in [-0.2, 0) is 6.42 Å². The van der Waals surface area contributed by atoms with Crippen LogP contribution in [0.15, 0.2) is 34.9 Å². The maximum Gasteiger partial charge on any atom is 0.121 e. The summed E-state index contributed by atoms with van der Waals surface area (Å²) >= 11 is 3.64. The Hall–Kier alpha value is -1.26. The van der Waals surface area contributed by atoms with Gasteiger partial charge in [-0.2, -0.15) is 0 Å². The Morgan fingerprint density at radius 3 is 2.81 bits per heavy atom. The Bertz CT molecular complexity index is 675. The van der Waals surface area contributed by atoms with Gasteiger partial charge in [-0.25, -0.2) is 0 Å². The van der Waals surface area contributed by atoms with E-state index < -0.39 is 0 Å². The van der Waals surface area contributed by atoms with Gasteiger partial charge >= 0.3 is 0 Å². The van der Waals surface area contributed by atoms with Gasteiger partial charge in [0.2, 0.25) is 0 Å². The molecule has 1 heterocycles. The molecule has 1 aliphatic rings. The SMILES string of the molecule is COc1ccc(Br)c(-n2ccc3c2CC(C)(C)CC3N)c1. The highest BCUT2D eigenvalue weighted by atomic mass is 79.9. The molecule has 0 saturated heterocycles. The van der Waals surface area contributed by atoms with Crippen molar-refractivity contribution < 1.29 is 4.74 Å². The number of hydrogen-bond acceptors (Lipinski definition) is 2. The molecule has 1 aliphatic carbocycles. The molecular formula is C17H21BrN2O. The fraction of sp³-hybridized carbons (Fsp3) is 0.412. The van der Waals surface area contributed by atoms with Crippen LogP contribution in [0.1, 0.15) is 37.6 Å². The van der Waals surface area contributed by atoms with E-state index in [-0.39, 0.29) is 11.5 Å². The van der Waals surface area contributed by atoms with Crippen LogP contribution in [0.3, 0.4) is 0 Å². The summed E-state index contributed by atoms with van der Waals surface area (Å²) in [6.07, 6.45) is 4.18. The van der Waals surface area contributed by atoms with Gasteiger partial charge in [-0.1, -0.05) is 13.8 Å². The molecule has 0 amide bonds. The first-order chi connectivity index (χ1) is 9.91. The lowest BCUT2D eigenvalue weighted by Gasteiger charge is -2.34. The van der Waals surface area contributed by atoms with E-state index in [9.17, 15) is 0 Å². The van der Waals surface area contributed by atoms with E-state index in [1.165, 1.54) is 11.3 Å². The highest BCUT2D eigenvalue weighted by Crippen LogP contribution is 2.41. The third kappa shape index (κ3) is 2.62. The Morgan fingerprint density at radius 2 is 2.10 bits per heavy atom. The van der Waals surface area contributed by atoms with Crippen molar-refractivity contribution in [3.8, 4) is 11.4 Å². The molecule has 2 N–H and O–H groups in total. The van der Waals surface area contributed by atoms with Gasteiger partial charge in [-0.05, 0) is 57.9 Å². The number of nitrogens with two attached hydrogens (primary N) is 1. The molecule has 2 aromatic rings. The maximum absolute atomic E-state index is 6.36. The van der Waals surface area contributed by atoms with Crippen LogP contribution < -0.4 is 10.5 Å². The summed E-state index contributed by atoms with van der Waals surface area (Å²) in [6.45, 7) is 4.57. The van der Waals surface area contributed by atoms with Crippen LogP contribution >= 0.6 is 15.9 Å². The summed E-state index contributed by atoms with van der Waals surface area (Å²) in [5.41, 5.74) is 10.3. The highest BCUT2D eigenvalue weighted by molar-refractivity contribution is 9.10. The average Bonchev–Trinajstić information content (AvgIpc) is 2.81. The second kappa shape index (κ2) is 5.18. The van der Waals surface area contributed by atoms with Crippen molar-refractivity contribution in [2.24, 2.45) is 11.1 Å². The van der Waals surface area contributed by atoms with Crippen molar-refractivity contribution in [1.29, 1.82) is 0 Å². The Labute approximate surface area is 134 Å². The van der Waals surface area contributed by atoms with Crippen molar-refractivity contribution >= 4 is 15.9 Å². The predicted octanol–water partition coefficient (Wildman–Crippen LogP) is 4.22. The van der Waals surface area contributed by atoms with Gasteiger partial charge < -0.3 is 15.0 Å². The van der Waals surface area contributed by atoms with Crippen molar-refractivity contribution in [3.05, 3.63) is 46.2 Å². The smallest absolute Gasteiger partial charge is 0.121 e. The number of methoxy groups -OCH3 is 1. The van der Waals surface area contributed by atoms with Crippen LogP contribution in [0, 0.1) is 5.41 Å². The second-order valence-corrected chi connectivity index (χ2v) is 7.41. The quantitative estimate of drug-likeness (QED) is 0.882. The van der Waals surface area contributed by atoms with Gasteiger partial charge in [0.15, 0.2) is 0 Å². The minimum absolute atomic E-state index is 0.120. The van der Waals surface area contributed by atoms with E-state index in [2.05, 4.69) is 52.7 Å². The van der Waals surface area contributed by atoms with Crippen LogP contribution in [0.2, 0.25) is 0 Å². The van der Waals surface area contributed by atoms with E-state index in [0.717, 1.165) is 28.8 Å². The molecule has 1 unspecified atom stereocenters. The van der Waals surface area contributed by atoms with Gasteiger partial charge in [-0.3, -0.25) is 0 Å². The molecule has 21 heavy (non-hydrogen) atoms. The standard InChI is InChI=1S/C17H21BrN2O/c1-17(2)9-14(19)12-6-7-20(16(12)10-17)15-8-11(21-3)4-5-13(15)18/h4-8,14H,9-10,19H2,1-3H3. The molecule has 0 saturated carbocycles. The molecule has 112 valence electrons. The monoisotopic (exact) mass is 348 g/mol. The van der Waals surface area contributed by atoms with Crippen molar-refractivity contribution in [2.45, 2.75) is 32.7 Å². The number of halogens is 1. The molecule has 3 rings (SSSR count). The Kier molecular flexibility index (Phi) is 3.62. The molecule has 0 aliphatic heterocycles. The first kappa shape index (κ1) is 14.7. The van der Waals surface area contributed by atoms with Crippen LogP contribution in [0.25, 0.3) is 5.69 Å². The Morgan fingerprint density at radius 1 is 1.33 bits per heavy atom. The molecular weight excluding hydrogens is 328 g/mol. The minimum atomic E-state index is 0.120. The highest BCUT2D eigenvalue weighted by Gasteiger charge is 2.32. The average molecular weight is 349 g/mol. The molecule has 0 fully saturated rings. The third-order valence-electron chi connectivity index (χ3n) is 4.26. The number of fused-ring (bicyclic) bond motifs is 1. The molecule has 0 spiro atoms. The zero-order valence-electron chi connectivity index (χ0n) is 12.7. The normalized spacial score (nSPS) is 20.1. The van der Waals surface area contributed by atoms with E-state index in [4.69, 9.17) is 10.5 Å². The lowest BCUT2D eigenvalue weighted by molar-refractivity contribution is 0.278. The summed E-state index contributed by atoms with van der Waals surface area (Å²) in [7, 11) is 1.69. The van der Waals surface area contributed by atoms with Crippen LogP contribution in [-0.4, -0.2) is 11.7 Å². The van der Waals surface area contributed by atoms with Crippen LogP contribution in [0.4, 0.5) is 0 Å². The largest absolute Gasteiger partial charge is 0.497 e. The van der Waals surface area contributed by atoms with Crippen molar-refractivity contribution in [3.63, 3.8) is 0 Å². The number of nitrogens with zero attached hydrogens (tertiary/aromatic N) is 1. The van der Waals surface area contributed by atoms with Crippen LogP contribution in [0.5, 0.6) is 5.75 Å². The number of aromatic nitrogens is 1. The Balaban J connectivity index is 2.14. The maximum atomic E-state index is 6.36. The van der Waals surface area contributed by atoms with Gasteiger partial charge in [0, 0.05) is 28.5 Å². The number of rotatable bonds is 2. The van der Waals surface area contributed by atoms with Gasteiger partial charge in [0.05, 0.1) is 12.8 Å². The molecule has 1 aromatic carbocycles. The summed E-state index contributed by atoms with van der Waals surface area (Å²) in [5, 5.41) is 0. The van der Waals surface area contributed by atoms with Crippen molar-refractivity contribution in [2.75, 3.05) is 7.11 Å². The van der Waals surface area contributed by atoms with Crippen molar-refractivity contribution in [1.82, 2.24) is 4.57 Å². The minimum Gasteiger partial charge on any atom is -0.497 e. The van der Waals surface area contributed by atoms with Gasteiger partial charge in [-0.15, -0.1) is 0 Å². The summed E-state index contributed by atoms with van der Waals surface area (Å²) in [5.74, 6) is 0.856. The summed E-state index contributed by atoms with van der Waals surface area (Å²) in [6, 6.07) is 8.31. The van der Waals surface area contributed by atoms with E-state index >= 15 is 0 Å². The van der Waals surface area contributed by atoms with E-state index in [1.54, 1.807) is 7.11 Å². The zero-order valence-corrected chi connectivity index (χ0v) is 14.3. The van der Waals surface area contributed by atoms with Gasteiger partial charge in [0.1, 0.15) is 5.75 Å². The zero-order chi connectivity index (χ0) is 15.2. The topological polar surface area (TPSA) is 40.2 Å². The van der Waals surface area contributed by atoms with E-state index in [0.29, 0.717) is 0 Å². The first-order valence-electron chi connectivity index (χ1n) is 7.21. The fourth-order valence-corrected chi connectivity index (χ4v) is 3.70. The molecule has 0 radical (unpaired) electrons.